The van der Waals surface area contributed by atoms with Crippen molar-refractivity contribution in [1.82, 2.24) is 15.0 Å². The summed E-state index contributed by atoms with van der Waals surface area (Å²) in [6, 6.07) is 61.8. The summed E-state index contributed by atoms with van der Waals surface area (Å²) in [6.07, 6.45) is 0. The van der Waals surface area contributed by atoms with Gasteiger partial charge in [0.15, 0.2) is 23.2 Å². The van der Waals surface area contributed by atoms with E-state index in [2.05, 4.69) is 120 Å². The minimum Gasteiger partial charge on any atom is -0.455 e. The van der Waals surface area contributed by atoms with Gasteiger partial charge in [-0.15, -0.1) is 0 Å². The average molecular weight is 703 g/mol. The highest BCUT2D eigenvalue weighted by Crippen LogP contribution is 2.43. The van der Waals surface area contributed by atoms with Crippen molar-refractivity contribution in [1.29, 1.82) is 0 Å². The SMILES string of the molecule is [C-]#[N+]c1ccc(-c2nc(-c3cc(-c4ccccc4)cc(-c4ccccc4)c3)nc(-c3cc4c(oc5cccc(-c6ccccc6)c54)c4ccccc34)n2)cc1. The Kier molecular flexibility index (Phi) is 7.79. The number of hydrogen-bond acceptors (Lipinski definition) is 4. The van der Waals surface area contributed by atoms with Crippen molar-refractivity contribution in [3.8, 4) is 67.5 Å². The molecule has 2 heterocycles. The van der Waals surface area contributed by atoms with Gasteiger partial charge in [0.25, 0.3) is 0 Å². The van der Waals surface area contributed by atoms with Crippen molar-refractivity contribution in [3.05, 3.63) is 193 Å². The van der Waals surface area contributed by atoms with Crippen molar-refractivity contribution in [2.75, 3.05) is 0 Å². The number of benzene rings is 8. The van der Waals surface area contributed by atoms with Crippen molar-refractivity contribution in [3.63, 3.8) is 0 Å². The first-order chi connectivity index (χ1) is 27.2. The molecule has 0 bridgehead atoms. The summed E-state index contributed by atoms with van der Waals surface area (Å²) in [5.74, 6) is 1.62. The Morgan fingerprint density at radius 1 is 0.382 bits per heavy atom. The summed E-state index contributed by atoms with van der Waals surface area (Å²) in [5, 5.41) is 3.99. The number of furan rings is 1. The summed E-state index contributed by atoms with van der Waals surface area (Å²) in [7, 11) is 0. The lowest BCUT2D eigenvalue weighted by molar-refractivity contribution is 0.673. The van der Waals surface area contributed by atoms with Crippen LogP contribution in [0.2, 0.25) is 0 Å². The van der Waals surface area contributed by atoms with Crippen molar-refractivity contribution in [2.24, 2.45) is 0 Å². The molecular formula is C50H30N4O. The molecule has 0 saturated carbocycles. The summed E-state index contributed by atoms with van der Waals surface area (Å²) in [4.78, 5) is 19.2. The number of nitrogens with zero attached hydrogens (tertiary/aromatic N) is 4. The second-order valence-corrected chi connectivity index (χ2v) is 13.5. The van der Waals surface area contributed by atoms with Crippen LogP contribution < -0.4 is 0 Å². The predicted molar refractivity (Wildman–Crippen MR) is 223 cm³/mol. The molecule has 0 amide bonds. The van der Waals surface area contributed by atoms with Crippen LogP contribution in [0.1, 0.15) is 0 Å². The van der Waals surface area contributed by atoms with Crippen LogP contribution in [0, 0.1) is 6.57 Å². The lowest BCUT2D eigenvalue weighted by Gasteiger charge is -2.13. The maximum atomic E-state index is 7.53. The molecule has 0 aliphatic heterocycles. The molecule has 0 saturated heterocycles. The van der Waals surface area contributed by atoms with Gasteiger partial charge in [0.1, 0.15) is 11.2 Å². The lowest BCUT2D eigenvalue weighted by atomic mass is 9.95. The Labute approximate surface area is 317 Å². The highest BCUT2D eigenvalue weighted by Gasteiger charge is 2.21. The van der Waals surface area contributed by atoms with E-state index in [0.29, 0.717) is 23.2 Å². The van der Waals surface area contributed by atoms with Crippen LogP contribution in [-0.2, 0) is 0 Å². The van der Waals surface area contributed by atoms with Crippen LogP contribution in [0.25, 0.3) is 105 Å². The molecule has 0 fully saturated rings. The fourth-order valence-electron chi connectivity index (χ4n) is 7.48. The van der Waals surface area contributed by atoms with E-state index in [9.17, 15) is 0 Å². The van der Waals surface area contributed by atoms with Crippen LogP contribution >= 0.6 is 0 Å². The molecule has 2 aromatic heterocycles. The third kappa shape index (κ3) is 5.79. The Hall–Kier alpha value is -7.68. The first kappa shape index (κ1) is 32.0. The predicted octanol–water partition coefficient (Wildman–Crippen LogP) is 13.5. The van der Waals surface area contributed by atoms with Gasteiger partial charge in [0, 0.05) is 32.8 Å². The minimum absolute atomic E-state index is 0.522. The van der Waals surface area contributed by atoms with Gasteiger partial charge < -0.3 is 4.42 Å². The van der Waals surface area contributed by atoms with Gasteiger partial charge in [-0.2, -0.15) is 0 Å². The molecule has 10 rings (SSSR count). The molecular weight excluding hydrogens is 673 g/mol. The smallest absolute Gasteiger partial charge is 0.187 e. The maximum absolute atomic E-state index is 7.53. The second kappa shape index (κ2) is 13.4. The number of rotatable bonds is 6. The van der Waals surface area contributed by atoms with E-state index in [1.54, 1.807) is 12.1 Å². The van der Waals surface area contributed by atoms with Crippen LogP contribution in [0.3, 0.4) is 0 Å². The topological polar surface area (TPSA) is 56.2 Å². The van der Waals surface area contributed by atoms with Crippen molar-refractivity contribution in [2.45, 2.75) is 0 Å². The van der Waals surface area contributed by atoms with E-state index in [1.807, 2.05) is 54.6 Å². The Morgan fingerprint density at radius 3 is 1.56 bits per heavy atom. The largest absolute Gasteiger partial charge is 0.455 e. The normalized spacial score (nSPS) is 11.3. The van der Waals surface area contributed by atoms with Gasteiger partial charge in [0.05, 0.1) is 6.57 Å². The van der Waals surface area contributed by atoms with E-state index < -0.39 is 0 Å². The summed E-state index contributed by atoms with van der Waals surface area (Å²) in [6.45, 7) is 7.53. The molecule has 256 valence electrons. The van der Waals surface area contributed by atoms with Gasteiger partial charge in [-0.25, -0.2) is 19.8 Å². The molecule has 0 N–H and O–H groups in total. The van der Waals surface area contributed by atoms with Crippen molar-refractivity contribution >= 4 is 38.4 Å². The van der Waals surface area contributed by atoms with Gasteiger partial charge in [-0.3, -0.25) is 0 Å². The minimum atomic E-state index is 0.522. The van der Waals surface area contributed by atoms with Gasteiger partial charge in [-0.1, -0.05) is 152 Å². The molecule has 0 spiro atoms. The summed E-state index contributed by atoms with van der Waals surface area (Å²) < 4.78 is 6.66. The summed E-state index contributed by atoms with van der Waals surface area (Å²) in [5.41, 5.74) is 11.3. The number of aromatic nitrogens is 3. The first-order valence-corrected chi connectivity index (χ1v) is 18.1. The first-order valence-electron chi connectivity index (χ1n) is 18.1. The van der Waals surface area contributed by atoms with E-state index in [-0.39, 0.29) is 0 Å². The third-order valence-electron chi connectivity index (χ3n) is 10.1. The van der Waals surface area contributed by atoms with Crippen molar-refractivity contribution < 1.29 is 4.42 Å². The molecule has 0 unspecified atom stereocenters. The van der Waals surface area contributed by atoms with Crippen LogP contribution in [0.5, 0.6) is 0 Å². The van der Waals surface area contributed by atoms with E-state index >= 15 is 0 Å². The van der Waals surface area contributed by atoms with Crippen LogP contribution in [0.4, 0.5) is 5.69 Å². The Morgan fingerprint density at radius 2 is 0.927 bits per heavy atom. The van der Waals surface area contributed by atoms with Gasteiger partial charge in [-0.05, 0) is 69.1 Å². The molecule has 0 radical (unpaired) electrons. The highest BCUT2D eigenvalue weighted by molar-refractivity contribution is 6.21. The zero-order valence-electron chi connectivity index (χ0n) is 29.5. The summed E-state index contributed by atoms with van der Waals surface area (Å²) >= 11 is 0. The molecule has 10 aromatic rings. The molecule has 5 heteroatoms. The maximum Gasteiger partial charge on any atom is 0.187 e. The Balaban J connectivity index is 1.26. The molecule has 55 heavy (non-hydrogen) atoms. The third-order valence-corrected chi connectivity index (χ3v) is 10.1. The lowest BCUT2D eigenvalue weighted by Crippen LogP contribution is -2.01. The zero-order valence-corrected chi connectivity index (χ0v) is 29.5. The standard InChI is InChI=1S/C50H30N4O/c1-51-39-26-24-35(25-27-39)48-52-49(38-29-36(32-14-5-2-6-15-32)28-37(30-38)33-16-7-3-8-17-33)54-50(53-48)43-31-44-46-40(34-18-9-4-10-19-34)22-13-23-45(46)55-47(44)42-21-12-11-20-41(42)43/h2-31H. The zero-order chi connectivity index (χ0) is 36.7. The Bertz CT molecular complexity index is 3020. The van der Waals surface area contributed by atoms with Crippen LogP contribution in [0.15, 0.2) is 186 Å². The van der Waals surface area contributed by atoms with E-state index in [1.165, 1.54) is 0 Å². The molecule has 0 atom stereocenters. The number of fused-ring (bicyclic) bond motifs is 5. The number of hydrogen-bond donors (Lipinski definition) is 0. The quantitative estimate of drug-likeness (QED) is 0.162. The second-order valence-electron chi connectivity index (χ2n) is 13.5. The highest BCUT2D eigenvalue weighted by atomic mass is 16.3. The van der Waals surface area contributed by atoms with Gasteiger partial charge >= 0.3 is 0 Å². The fraction of sp³-hybridized carbons (Fsp3) is 0. The van der Waals surface area contributed by atoms with E-state index in [0.717, 1.165) is 82.8 Å². The average Bonchev–Trinajstić information content (AvgIpc) is 3.66. The fourth-order valence-corrected chi connectivity index (χ4v) is 7.48. The van der Waals surface area contributed by atoms with Crippen LogP contribution in [-0.4, -0.2) is 15.0 Å². The molecule has 5 nitrogen and oxygen atoms in total. The molecule has 0 aliphatic rings. The molecule has 0 aliphatic carbocycles. The van der Waals surface area contributed by atoms with Gasteiger partial charge in [0.2, 0.25) is 0 Å². The van der Waals surface area contributed by atoms with E-state index in [4.69, 9.17) is 25.9 Å². The monoisotopic (exact) mass is 702 g/mol. The molecule has 8 aromatic carbocycles.